The molecule has 8 nitrogen and oxygen atoms in total. The Kier molecular flexibility index (Phi) is 5.30. The third-order valence-corrected chi connectivity index (χ3v) is 4.13. The highest BCUT2D eigenvalue weighted by Crippen LogP contribution is 2.33. The average molecular weight is 380 g/mol. The van der Waals surface area contributed by atoms with Gasteiger partial charge in [-0.05, 0) is 41.8 Å². The van der Waals surface area contributed by atoms with Crippen LogP contribution in [0.25, 0.3) is 22.5 Å². The number of nitrogens with zero attached hydrogens (tertiary/aromatic N) is 1. The lowest BCUT2D eigenvalue weighted by molar-refractivity contribution is 0.0697. The molecule has 6 N–H and O–H groups in total. The number of carboxylic acid groups (broad SMARTS) is 1. The Bertz CT molecular complexity index is 1090. The molecule has 0 unspecified atom stereocenters. The molecule has 1 heterocycles. The number of aromatic amines is 1. The van der Waals surface area contributed by atoms with Gasteiger partial charge in [-0.1, -0.05) is 25.1 Å². The number of carbonyl (C=O) groups is 1. The molecule has 2 aromatic carbocycles. The van der Waals surface area contributed by atoms with Crippen LogP contribution in [-0.4, -0.2) is 27.7 Å². The Morgan fingerprint density at radius 2 is 1.93 bits per heavy atom. The largest absolute Gasteiger partial charge is 0.493 e. The van der Waals surface area contributed by atoms with Crippen LogP contribution in [0.15, 0.2) is 47.3 Å². The molecule has 0 amide bonds. The molecule has 0 saturated carbocycles. The summed E-state index contributed by atoms with van der Waals surface area (Å²) in [7, 11) is 0. The maximum Gasteiger partial charge on any atom is 0.335 e. The van der Waals surface area contributed by atoms with E-state index in [4.69, 9.17) is 16.2 Å². The minimum absolute atomic E-state index is 0.0570. The van der Waals surface area contributed by atoms with E-state index >= 15 is 0 Å². The Morgan fingerprint density at radius 1 is 1.18 bits per heavy atom. The van der Waals surface area contributed by atoms with Gasteiger partial charge in [0.25, 0.3) is 5.56 Å². The summed E-state index contributed by atoms with van der Waals surface area (Å²) in [6, 6.07) is 11.9. The highest BCUT2D eigenvalue weighted by Gasteiger charge is 2.14. The SMILES string of the molecule is CCCOc1cc(-c2cccc(C(=O)O)c2)ccc1-c1nc(N)c(N)c(=O)[nH]1. The highest BCUT2D eigenvalue weighted by molar-refractivity contribution is 5.89. The van der Waals surface area contributed by atoms with Crippen LogP contribution in [0.3, 0.4) is 0 Å². The molecule has 0 atom stereocenters. The third-order valence-electron chi connectivity index (χ3n) is 4.13. The Labute approximate surface area is 160 Å². The Hall–Kier alpha value is -3.81. The lowest BCUT2D eigenvalue weighted by atomic mass is 10.0. The van der Waals surface area contributed by atoms with Crippen molar-refractivity contribution in [2.24, 2.45) is 0 Å². The van der Waals surface area contributed by atoms with Gasteiger partial charge in [-0.3, -0.25) is 4.79 Å². The smallest absolute Gasteiger partial charge is 0.335 e. The third kappa shape index (κ3) is 3.80. The predicted molar refractivity (Wildman–Crippen MR) is 107 cm³/mol. The molecule has 28 heavy (non-hydrogen) atoms. The number of ether oxygens (including phenoxy) is 1. The lowest BCUT2D eigenvalue weighted by Gasteiger charge is -2.13. The van der Waals surface area contributed by atoms with E-state index in [0.29, 0.717) is 17.9 Å². The van der Waals surface area contributed by atoms with Crippen LogP contribution in [0, 0.1) is 0 Å². The maximum atomic E-state index is 12.0. The van der Waals surface area contributed by atoms with Crippen LogP contribution in [0.2, 0.25) is 0 Å². The van der Waals surface area contributed by atoms with E-state index in [9.17, 15) is 14.7 Å². The van der Waals surface area contributed by atoms with E-state index in [1.165, 1.54) is 6.07 Å². The van der Waals surface area contributed by atoms with Gasteiger partial charge in [0.05, 0.1) is 17.7 Å². The van der Waals surface area contributed by atoms with Gasteiger partial charge in [-0.15, -0.1) is 0 Å². The van der Waals surface area contributed by atoms with Crippen LogP contribution >= 0.6 is 0 Å². The van der Waals surface area contributed by atoms with Crippen molar-refractivity contribution in [1.29, 1.82) is 0 Å². The number of aromatic nitrogens is 2. The first-order valence-corrected chi connectivity index (χ1v) is 8.67. The molecule has 0 aliphatic heterocycles. The summed E-state index contributed by atoms with van der Waals surface area (Å²) in [6.45, 7) is 2.43. The van der Waals surface area contributed by atoms with Crippen LogP contribution in [0.5, 0.6) is 5.75 Å². The molecule has 0 bridgehead atoms. The number of benzene rings is 2. The number of nitrogen functional groups attached to an aromatic ring is 2. The van der Waals surface area contributed by atoms with E-state index in [1.807, 2.05) is 13.0 Å². The Balaban J connectivity index is 2.11. The number of hydrogen-bond acceptors (Lipinski definition) is 6. The fourth-order valence-electron chi connectivity index (χ4n) is 2.69. The Morgan fingerprint density at radius 3 is 2.61 bits per heavy atom. The fraction of sp³-hybridized carbons (Fsp3) is 0.150. The van der Waals surface area contributed by atoms with Gasteiger partial charge in [0.1, 0.15) is 17.3 Å². The van der Waals surface area contributed by atoms with E-state index in [1.54, 1.807) is 30.3 Å². The van der Waals surface area contributed by atoms with E-state index in [-0.39, 0.29) is 22.9 Å². The molecule has 8 heteroatoms. The van der Waals surface area contributed by atoms with Gasteiger partial charge >= 0.3 is 5.97 Å². The zero-order valence-electron chi connectivity index (χ0n) is 15.2. The summed E-state index contributed by atoms with van der Waals surface area (Å²) < 4.78 is 5.84. The zero-order chi connectivity index (χ0) is 20.3. The molecule has 0 aliphatic rings. The second-order valence-corrected chi connectivity index (χ2v) is 6.16. The highest BCUT2D eigenvalue weighted by atomic mass is 16.5. The topological polar surface area (TPSA) is 144 Å². The normalized spacial score (nSPS) is 10.6. The van der Waals surface area contributed by atoms with Crippen molar-refractivity contribution < 1.29 is 14.6 Å². The number of nitrogens with two attached hydrogens (primary N) is 2. The zero-order valence-corrected chi connectivity index (χ0v) is 15.2. The van der Waals surface area contributed by atoms with Crippen molar-refractivity contribution >= 4 is 17.5 Å². The first-order valence-electron chi connectivity index (χ1n) is 8.67. The maximum absolute atomic E-state index is 12.0. The molecule has 3 rings (SSSR count). The first-order chi connectivity index (χ1) is 13.4. The van der Waals surface area contributed by atoms with Crippen LogP contribution in [0.4, 0.5) is 11.5 Å². The summed E-state index contributed by atoms with van der Waals surface area (Å²) in [5, 5.41) is 9.21. The summed E-state index contributed by atoms with van der Waals surface area (Å²) >= 11 is 0. The number of rotatable bonds is 6. The minimum atomic E-state index is -1.000. The second kappa shape index (κ2) is 7.83. The van der Waals surface area contributed by atoms with Crippen molar-refractivity contribution in [2.45, 2.75) is 13.3 Å². The summed E-state index contributed by atoms with van der Waals surface area (Å²) in [5.41, 5.74) is 12.9. The second-order valence-electron chi connectivity index (χ2n) is 6.16. The van der Waals surface area contributed by atoms with Crippen LogP contribution in [0.1, 0.15) is 23.7 Å². The molecule has 0 radical (unpaired) electrons. The summed E-state index contributed by atoms with van der Waals surface area (Å²) in [5.74, 6) is -0.320. The average Bonchev–Trinajstić information content (AvgIpc) is 2.70. The number of aromatic carboxylic acids is 1. The molecule has 0 spiro atoms. The molecule has 0 aliphatic carbocycles. The predicted octanol–water partition coefficient (Wildman–Crippen LogP) is 2.76. The van der Waals surface area contributed by atoms with Crippen molar-refractivity contribution in [1.82, 2.24) is 9.97 Å². The summed E-state index contributed by atoms with van der Waals surface area (Å²) in [6.07, 6.45) is 0.784. The lowest BCUT2D eigenvalue weighted by Crippen LogP contribution is -2.17. The van der Waals surface area contributed by atoms with Crippen LogP contribution < -0.4 is 21.8 Å². The number of H-pyrrole nitrogens is 1. The van der Waals surface area contributed by atoms with E-state index in [0.717, 1.165) is 17.5 Å². The number of hydrogen-bond donors (Lipinski definition) is 4. The molecule has 3 aromatic rings. The van der Waals surface area contributed by atoms with Crippen molar-refractivity contribution in [3.05, 3.63) is 58.4 Å². The van der Waals surface area contributed by atoms with Crippen molar-refractivity contribution in [2.75, 3.05) is 18.1 Å². The van der Waals surface area contributed by atoms with Crippen LogP contribution in [-0.2, 0) is 0 Å². The number of carboxylic acids is 1. The van der Waals surface area contributed by atoms with Crippen molar-refractivity contribution in [3.63, 3.8) is 0 Å². The monoisotopic (exact) mass is 380 g/mol. The molecule has 0 saturated heterocycles. The quantitative estimate of drug-likeness (QED) is 0.514. The van der Waals surface area contributed by atoms with Gasteiger partial charge in [-0.25, -0.2) is 9.78 Å². The van der Waals surface area contributed by atoms with Gasteiger partial charge in [0, 0.05) is 0 Å². The molecule has 0 fully saturated rings. The van der Waals surface area contributed by atoms with Crippen molar-refractivity contribution in [3.8, 4) is 28.3 Å². The van der Waals surface area contributed by atoms with Gasteiger partial charge in [0.2, 0.25) is 0 Å². The van der Waals surface area contributed by atoms with Gasteiger partial charge in [0.15, 0.2) is 5.82 Å². The molecular weight excluding hydrogens is 360 g/mol. The standard InChI is InChI=1S/C20H20N4O4/c1-2-8-28-15-10-12(11-4-3-5-13(9-11)20(26)27)6-7-14(15)18-23-17(22)16(21)19(25)24-18/h3-7,9-10H,2,8,21H2,1H3,(H,26,27)(H3,22,23,24,25). The minimum Gasteiger partial charge on any atom is -0.493 e. The van der Waals surface area contributed by atoms with E-state index in [2.05, 4.69) is 9.97 Å². The molecule has 144 valence electrons. The van der Waals surface area contributed by atoms with E-state index < -0.39 is 11.5 Å². The number of anilines is 2. The van der Waals surface area contributed by atoms with Gasteiger partial charge in [-0.2, -0.15) is 0 Å². The summed E-state index contributed by atoms with van der Waals surface area (Å²) in [4.78, 5) is 29.9. The molecule has 1 aromatic heterocycles. The molecular formula is C20H20N4O4. The number of nitrogens with one attached hydrogen (secondary N) is 1. The first kappa shape index (κ1) is 19.0. The van der Waals surface area contributed by atoms with Gasteiger partial charge < -0.3 is 26.3 Å². The fourth-order valence-corrected chi connectivity index (χ4v) is 2.69.